The van der Waals surface area contributed by atoms with Crippen LogP contribution in [0.5, 0.6) is 11.5 Å². The van der Waals surface area contributed by atoms with E-state index in [2.05, 4.69) is 0 Å². The fraction of sp³-hybridized carbons (Fsp3) is 0.571. The van der Waals surface area contributed by atoms with Crippen molar-refractivity contribution in [1.29, 1.82) is 0 Å². The van der Waals surface area contributed by atoms with Crippen LogP contribution in [0.15, 0.2) is 12.1 Å². The first-order valence-corrected chi connectivity index (χ1v) is 11.0. The van der Waals surface area contributed by atoms with Gasteiger partial charge in [-0.25, -0.2) is 0 Å². The molecule has 0 aliphatic heterocycles. The Morgan fingerprint density at radius 3 is 1.38 bits per heavy atom. The molecule has 1 aromatic rings. The summed E-state index contributed by atoms with van der Waals surface area (Å²) in [5.41, 5.74) is 12.3. The zero-order valence-electron chi connectivity index (χ0n) is 14.1. The minimum absolute atomic E-state index is 0.203. The highest BCUT2D eigenvalue weighted by molar-refractivity contribution is 7.86. The molecule has 0 atom stereocenters. The Morgan fingerprint density at radius 2 is 1.08 bits per heavy atom. The van der Waals surface area contributed by atoms with E-state index in [1.54, 1.807) is 0 Å². The van der Waals surface area contributed by atoms with Crippen molar-refractivity contribution in [3.8, 4) is 11.5 Å². The lowest BCUT2D eigenvalue weighted by atomic mass is 10.2. The van der Waals surface area contributed by atoms with E-state index in [1.165, 1.54) is 12.1 Å². The molecule has 0 radical (unpaired) electrons. The number of ether oxygens (including phenoxy) is 2. The zero-order chi connectivity index (χ0) is 19.8. The number of nitrogen functional groups attached to an aromatic ring is 2. The van der Waals surface area contributed by atoms with Crippen LogP contribution in [-0.2, 0) is 20.2 Å². The molecule has 10 nitrogen and oxygen atoms in total. The molecule has 0 bridgehead atoms. The molecule has 1 rings (SSSR count). The van der Waals surface area contributed by atoms with Crippen molar-refractivity contribution in [3.63, 3.8) is 0 Å². The smallest absolute Gasteiger partial charge is 0.264 e. The predicted octanol–water partition coefficient (Wildman–Crippen LogP) is 0.945. The van der Waals surface area contributed by atoms with E-state index in [1.807, 2.05) is 0 Å². The summed E-state index contributed by atoms with van der Waals surface area (Å²) in [5.74, 6) is -0.0161. The lowest BCUT2D eigenvalue weighted by molar-refractivity contribution is 0.303. The fourth-order valence-electron chi connectivity index (χ4n) is 1.98. The molecule has 0 fully saturated rings. The Morgan fingerprint density at radius 1 is 0.731 bits per heavy atom. The monoisotopic (exact) mass is 412 g/mol. The third-order valence-corrected chi connectivity index (χ3v) is 4.86. The number of unbranched alkanes of at least 4 members (excludes halogenated alkanes) is 2. The topological polar surface area (TPSA) is 179 Å². The van der Waals surface area contributed by atoms with Gasteiger partial charge in [-0.2, -0.15) is 16.8 Å². The van der Waals surface area contributed by atoms with Gasteiger partial charge in [-0.1, -0.05) is 0 Å². The summed E-state index contributed by atoms with van der Waals surface area (Å²) < 4.78 is 70.5. The Hall–Kier alpha value is -1.76. The van der Waals surface area contributed by atoms with Crippen molar-refractivity contribution in [2.45, 2.75) is 25.7 Å². The molecule has 0 aliphatic carbocycles. The Balaban J connectivity index is 2.44. The molecule has 150 valence electrons. The number of rotatable bonds is 12. The number of nitrogens with two attached hydrogens (primary N) is 2. The van der Waals surface area contributed by atoms with E-state index in [0.717, 1.165) is 0 Å². The summed E-state index contributed by atoms with van der Waals surface area (Å²) in [4.78, 5) is 0. The highest BCUT2D eigenvalue weighted by Gasteiger charge is 2.10. The van der Waals surface area contributed by atoms with Gasteiger partial charge in [0.1, 0.15) is 11.5 Å². The van der Waals surface area contributed by atoms with Crippen LogP contribution < -0.4 is 20.9 Å². The Labute approximate surface area is 153 Å². The molecule has 1 aromatic carbocycles. The maximum Gasteiger partial charge on any atom is 0.264 e. The van der Waals surface area contributed by atoms with E-state index < -0.39 is 20.2 Å². The van der Waals surface area contributed by atoms with Gasteiger partial charge in [-0.3, -0.25) is 9.11 Å². The minimum atomic E-state index is -3.98. The molecular weight excluding hydrogens is 388 g/mol. The maximum absolute atomic E-state index is 10.6. The SMILES string of the molecule is Nc1cc(OCCCCS(=O)(=O)O)c(N)cc1OCCCCS(=O)(=O)O. The van der Waals surface area contributed by atoms with E-state index >= 15 is 0 Å². The normalized spacial score (nSPS) is 12.1. The third-order valence-electron chi connectivity index (χ3n) is 3.25. The number of hydrogen-bond donors (Lipinski definition) is 4. The molecule has 6 N–H and O–H groups in total. The number of benzene rings is 1. The molecule has 12 heteroatoms. The van der Waals surface area contributed by atoms with Crippen LogP contribution in [0.25, 0.3) is 0 Å². The van der Waals surface area contributed by atoms with E-state index in [4.69, 9.17) is 30.0 Å². The van der Waals surface area contributed by atoms with Gasteiger partial charge in [0.25, 0.3) is 20.2 Å². The summed E-state index contributed by atoms with van der Waals surface area (Å²) in [6, 6.07) is 2.96. The molecule has 0 saturated carbocycles. The molecule has 0 aliphatic rings. The largest absolute Gasteiger partial charge is 0.491 e. The summed E-state index contributed by atoms with van der Waals surface area (Å²) in [6.07, 6.45) is 1.31. The molecule has 0 heterocycles. The quantitative estimate of drug-likeness (QED) is 0.219. The second kappa shape index (κ2) is 9.80. The van der Waals surface area contributed by atoms with Gasteiger partial charge < -0.3 is 20.9 Å². The molecule has 26 heavy (non-hydrogen) atoms. The first kappa shape index (κ1) is 22.3. The van der Waals surface area contributed by atoms with Crippen LogP contribution in [0, 0.1) is 0 Å². The van der Waals surface area contributed by atoms with Gasteiger partial charge in [-0.15, -0.1) is 0 Å². The van der Waals surface area contributed by atoms with Crippen LogP contribution in [0.3, 0.4) is 0 Å². The van der Waals surface area contributed by atoms with Crippen LogP contribution in [0.2, 0.25) is 0 Å². The number of hydrogen-bond acceptors (Lipinski definition) is 8. The lowest BCUT2D eigenvalue weighted by Crippen LogP contribution is -2.08. The van der Waals surface area contributed by atoms with E-state index in [9.17, 15) is 16.8 Å². The van der Waals surface area contributed by atoms with Crippen LogP contribution in [-0.4, -0.2) is 50.7 Å². The average Bonchev–Trinajstić information content (AvgIpc) is 2.48. The van der Waals surface area contributed by atoms with Gasteiger partial charge in [0.05, 0.1) is 36.1 Å². The zero-order valence-corrected chi connectivity index (χ0v) is 15.8. The van der Waals surface area contributed by atoms with Crippen molar-refractivity contribution in [2.24, 2.45) is 0 Å². The first-order valence-electron chi connectivity index (χ1n) is 7.83. The molecule has 0 spiro atoms. The van der Waals surface area contributed by atoms with Gasteiger partial charge in [0, 0.05) is 12.1 Å². The Bertz CT molecular complexity index is 726. The van der Waals surface area contributed by atoms with Gasteiger partial charge >= 0.3 is 0 Å². The summed E-state index contributed by atoms with van der Waals surface area (Å²) >= 11 is 0. The first-order chi connectivity index (χ1) is 12.0. The summed E-state index contributed by atoms with van der Waals surface area (Å²) in [5, 5.41) is 0. The van der Waals surface area contributed by atoms with Crippen molar-refractivity contribution in [2.75, 3.05) is 36.2 Å². The highest BCUT2D eigenvalue weighted by atomic mass is 32.2. The fourth-order valence-corrected chi connectivity index (χ4v) is 3.12. The third kappa shape index (κ3) is 9.65. The standard InChI is InChI=1S/C14H24N2O8S2/c15-11-10-14(24-6-2-4-8-26(20,21)22)12(16)9-13(11)23-5-1-3-7-25(17,18)19/h9-10H,1-8,15-16H2,(H,17,18,19)(H,20,21,22). The summed E-state index contributed by atoms with van der Waals surface area (Å²) in [6.45, 7) is 0.407. The average molecular weight is 412 g/mol. The molecule has 0 aromatic heterocycles. The van der Waals surface area contributed by atoms with Crippen molar-refractivity contribution >= 4 is 31.6 Å². The molecule has 0 saturated heterocycles. The van der Waals surface area contributed by atoms with Crippen LogP contribution >= 0.6 is 0 Å². The van der Waals surface area contributed by atoms with Crippen molar-refractivity contribution < 1.29 is 35.4 Å². The van der Waals surface area contributed by atoms with E-state index in [0.29, 0.717) is 24.3 Å². The maximum atomic E-state index is 10.6. The summed E-state index contributed by atoms with van der Waals surface area (Å²) in [7, 11) is -7.95. The Kier molecular flexibility index (Phi) is 8.40. The lowest BCUT2D eigenvalue weighted by Gasteiger charge is -2.14. The van der Waals surface area contributed by atoms with Crippen LogP contribution in [0.1, 0.15) is 25.7 Å². The highest BCUT2D eigenvalue weighted by Crippen LogP contribution is 2.33. The predicted molar refractivity (Wildman–Crippen MR) is 97.6 cm³/mol. The molecule has 0 amide bonds. The van der Waals surface area contributed by atoms with Gasteiger partial charge in [-0.05, 0) is 25.7 Å². The molecule has 0 unspecified atom stereocenters. The van der Waals surface area contributed by atoms with Gasteiger partial charge in [0.15, 0.2) is 0 Å². The minimum Gasteiger partial charge on any atom is -0.491 e. The van der Waals surface area contributed by atoms with Crippen LogP contribution in [0.4, 0.5) is 11.4 Å². The molecular formula is C14H24N2O8S2. The van der Waals surface area contributed by atoms with Gasteiger partial charge in [0.2, 0.25) is 0 Å². The number of anilines is 2. The second-order valence-corrected chi connectivity index (χ2v) is 8.76. The van der Waals surface area contributed by atoms with E-state index in [-0.39, 0.29) is 48.9 Å². The second-order valence-electron chi connectivity index (χ2n) is 5.61. The van der Waals surface area contributed by atoms with Crippen molar-refractivity contribution in [3.05, 3.63) is 12.1 Å². The van der Waals surface area contributed by atoms with Crippen molar-refractivity contribution in [1.82, 2.24) is 0 Å².